The number of amides is 1. The average molecular weight is 434 g/mol. The lowest BCUT2D eigenvalue weighted by molar-refractivity contribution is -0.384. The molecule has 166 valence electrons. The minimum atomic E-state index is -0.434. The summed E-state index contributed by atoms with van der Waals surface area (Å²) in [5.41, 5.74) is 4.06. The lowest BCUT2D eigenvalue weighted by Gasteiger charge is -2.41. The van der Waals surface area contributed by atoms with Crippen molar-refractivity contribution in [1.82, 2.24) is 9.80 Å². The highest BCUT2D eigenvalue weighted by atomic mass is 16.6. The number of aryl methyl sites for hydroxylation is 1. The van der Waals surface area contributed by atoms with Crippen LogP contribution in [0.1, 0.15) is 28.7 Å². The van der Waals surface area contributed by atoms with Gasteiger partial charge in [0, 0.05) is 31.7 Å². The normalized spacial score (nSPS) is 18.7. The maximum absolute atomic E-state index is 12.9. The van der Waals surface area contributed by atoms with Gasteiger partial charge in [0.2, 0.25) is 5.91 Å². The van der Waals surface area contributed by atoms with Crippen molar-refractivity contribution in [1.29, 1.82) is 5.26 Å². The van der Waals surface area contributed by atoms with Gasteiger partial charge in [0.15, 0.2) is 0 Å². The second-order valence-electron chi connectivity index (χ2n) is 8.36. The van der Waals surface area contributed by atoms with Gasteiger partial charge < -0.3 is 9.64 Å². The van der Waals surface area contributed by atoms with Gasteiger partial charge >= 0.3 is 0 Å². The maximum atomic E-state index is 12.9. The molecule has 0 bridgehead atoms. The Morgan fingerprint density at radius 2 is 2.06 bits per heavy atom. The predicted molar refractivity (Wildman–Crippen MR) is 118 cm³/mol. The summed E-state index contributed by atoms with van der Waals surface area (Å²) < 4.78 is 5.32. The van der Waals surface area contributed by atoms with Crippen LogP contribution in [0.4, 0.5) is 5.69 Å². The number of ether oxygens (including phenoxy) is 1. The SMILES string of the molecule is COc1cc([N+](=O)[O-])ccc1CCN1CCN(C2CCc3cc(C#N)ccc3C2)C(=O)C1. The molecule has 0 spiro atoms. The molecule has 8 heteroatoms. The fourth-order valence-corrected chi connectivity index (χ4v) is 4.72. The smallest absolute Gasteiger partial charge is 0.273 e. The molecule has 0 saturated carbocycles. The summed E-state index contributed by atoms with van der Waals surface area (Å²) in [6, 6.07) is 12.9. The number of nitriles is 1. The van der Waals surface area contributed by atoms with E-state index < -0.39 is 4.92 Å². The second kappa shape index (κ2) is 9.37. The van der Waals surface area contributed by atoms with Crippen LogP contribution in [0.15, 0.2) is 36.4 Å². The minimum absolute atomic E-state index is 0.00675. The van der Waals surface area contributed by atoms with E-state index in [1.807, 2.05) is 23.1 Å². The average Bonchev–Trinajstić information content (AvgIpc) is 2.81. The molecule has 1 saturated heterocycles. The van der Waals surface area contributed by atoms with Crippen molar-refractivity contribution < 1.29 is 14.5 Å². The van der Waals surface area contributed by atoms with Gasteiger partial charge in [0.05, 0.1) is 36.3 Å². The standard InChI is InChI=1S/C24H26N4O4/c1-32-23-14-22(28(30)31)7-4-18(23)8-9-26-10-11-27(24(29)16-26)21-6-5-19-12-17(15-25)2-3-20(19)13-21/h2-4,7,12,14,21H,5-6,8-11,13,16H2,1H3. The number of carbonyl (C=O) groups is 1. The number of methoxy groups -OCH3 is 1. The van der Waals surface area contributed by atoms with E-state index in [0.717, 1.165) is 31.4 Å². The third kappa shape index (κ3) is 4.58. The molecule has 1 amide bonds. The van der Waals surface area contributed by atoms with Gasteiger partial charge in [0.25, 0.3) is 5.69 Å². The number of nitrogens with zero attached hydrogens (tertiary/aromatic N) is 4. The number of non-ortho nitro benzene ring substituents is 1. The van der Waals surface area contributed by atoms with E-state index in [-0.39, 0.29) is 17.6 Å². The van der Waals surface area contributed by atoms with Crippen molar-refractivity contribution >= 4 is 11.6 Å². The Bertz CT molecular complexity index is 1080. The molecule has 1 aliphatic heterocycles. The van der Waals surface area contributed by atoms with Crippen molar-refractivity contribution in [3.63, 3.8) is 0 Å². The van der Waals surface area contributed by atoms with Crippen LogP contribution in [0.2, 0.25) is 0 Å². The van der Waals surface area contributed by atoms with Gasteiger partial charge in [-0.25, -0.2) is 0 Å². The number of hydrogen-bond acceptors (Lipinski definition) is 6. The largest absolute Gasteiger partial charge is 0.496 e. The molecule has 0 radical (unpaired) electrons. The molecule has 2 aliphatic rings. The molecule has 32 heavy (non-hydrogen) atoms. The number of piperazine rings is 1. The Morgan fingerprint density at radius 3 is 2.78 bits per heavy atom. The van der Waals surface area contributed by atoms with Crippen LogP contribution in [0.25, 0.3) is 0 Å². The van der Waals surface area contributed by atoms with Crippen LogP contribution in [-0.4, -0.2) is 60.0 Å². The first-order valence-electron chi connectivity index (χ1n) is 10.8. The Hall–Kier alpha value is -3.44. The number of hydrogen-bond donors (Lipinski definition) is 0. The van der Waals surface area contributed by atoms with Gasteiger partial charge in [-0.3, -0.25) is 19.8 Å². The molecule has 1 aliphatic carbocycles. The second-order valence-corrected chi connectivity index (χ2v) is 8.36. The maximum Gasteiger partial charge on any atom is 0.273 e. The number of benzene rings is 2. The van der Waals surface area contributed by atoms with E-state index in [0.29, 0.717) is 37.4 Å². The molecule has 2 aromatic rings. The van der Waals surface area contributed by atoms with Crippen LogP contribution < -0.4 is 4.74 Å². The Labute approximate surface area is 187 Å². The summed E-state index contributed by atoms with van der Waals surface area (Å²) in [5.74, 6) is 0.651. The topological polar surface area (TPSA) is 99.7 Å². The highest BCUT2D eigenvalue weighted by molar-refractivity contribution is 5.79. The zero-order valence-corrected chi connectivity index (χ0v) is 18.1. The molecule has 0 aromatic heterocycles. The van der Waals surface area contributed by atoms with Crippen molar-refractivity contribution in [2.24, 2.45) is 0 Å². The first kappa shape index (κ1) is 21.8. The number of carbonyl (C=O) groups excluding carboxylic acids is 1. The molecule has 2 aromatic carbocycles. The number of nitro benzene ring substituents is 1. The molecule has 0 N–H and O–H groups in total. The van der Waals surface area contributed by atoms with Gasteiger partial charge in [-0.15, -0.1) is 0 Å². The van der Waals surface area contributed by atoms with Crippen LogP contribution in [0.3, 0.4) is 0 Å². The molecule has 1 atom stereocenters. The lowest BCUT2D eigenvalue weighted by Crippen LogP contribution is -2.55. The zero-order valence-electron chi connectivity index (χ0n) is 18.1. The van der Waals surface area contributed by atoms with E-state index in [1.165, 1.54) is 30.4 Å². The highest BCUT2D eigenvalue weighted by Gasteiger charge is 2.31. The molecular weight excluding hydrogens is 408 g/mol. The van der Waals surface area contributed by atoms with Crippen molar-refractivity contribution in [3.8, 4) is 11.8 Å². The van der Waals surface area contributed by atoms with Crippen molar-refractivity contribution in [3.05, 3.63) is 68.8 Å². The lowest BCUT2D eigenvalue weighted by atomic mass is 9.86. The van der Waals surface area contributed by atoms with Gasteiger partial charge in [-0.2, -0.15) is 5.26 Å². The molecular formula is C24H26N4O4. The van der Waals surface area contributed by atoms with E-state index in [4.69, 9.17) is 10.00 Å². The van der Waals surface area contributed by atoms with Gasteiger partial charge in [0.1, 0.15) is 5.75 Å². The summed E-state index contributed by atoms with van der Waals surface area (Å²) in [5, 5.41) is 20.1. The van der Waals surface area contributed by atoms with Gasteiger partial charge in [-0.05, 0) is 60.6 Å². The molecule has 8 nitrogen and oxygen atoms in total. The Kier molecular flexibility index (Phi) is 6.37. The number of rotatable bonds is 6. The van der Waals surface area contributed by atoms with Crippen LogP contribution in [0, 0.1) is 21.4 Å². The summed E-state index contributed by atoms with van der Waals surface area (Å²) in [6.07, 6.45) is 3.32. The Balaban J connectivity index is 1.33. The predicted octanol–water partition coefficient (Wildman–Crippen LogP) is 2.72. The first-order chi connectivity index (χ1) is 15.5. The highest BCUT2D eigenvalue weighted by Crippen LogP contribution is 2.28. The summed E-state index contributed by atoms with van der Waals surface area (Å²) in [7, 11) is 1.51. The molecule has 1 unspecified atom stereocenters. The third-order valence-corrected chi connectivity index (χ3v) is 6.49. The van der Waals surface area contributed by atoms with Crippen molar-refractivity contribution in [2.45, 2.75) is 31.7 Å². The third-order valence-electron chi connectivity index (χ3n) is 6.49. The summed E-state index contributed by atoms with van der Waals surface area (Å²) in [6.45, 7) is 2.58. The number of nitro groups is 1. The van der Waals surface area contributed by atoms with E-state index in [2.05, 4.69) is 11.0 Å². The minimum Gasteiger partial charge on any atom is -0.496 e. The molecule has 1 heterocycles. The van der Waals surface area contributed by atoms with E-state index >= 15 is 0 Å². The van der Waals surface area contributed by atoms with Crippen molar-refractivity contribution in [2.75, 3.05) is 33.3 Å². The van der Waals surface area contributed by atoms with E-state index in [1.54, 1.807) is 6.07 Å². The molecule has 4 rings (SSSR count). The van der Waals surface area contributed by atoms with E-state index in [9.17, 15) is 14.9 Å². The number of fused-ring (bicyclic) bond motifs is 1. The first-order valence-corrected chi connectivity index (χ1v) is 10.8. The fraction of sp³-hybridized carbons (Fsp3) is 0.417. The fourth-order valence-electron chi connectivity index (χ4n) is 4.72. The zero-order chi connectivity index (χ0) is 22.7. The van der Waals surface area contributed by atoms with Gasteiger partial charge in [-0.1, -0.05) is 6.07 Å². The van der Waals surface area contributed by atoms with Crippen LogP contribution in [-0.2, 0) is 24.1 Å². The van der Waals surface area contributed by atoms with Crippen LogP contribution >= 0.6 is 0 Å². The monoisotopic (exact) mass is 434 g/mol. The quantitative estimate of drug-likeness (QED) is 0.512. The molecule has 1 fully saturated rings. The summed E-state index contributed by atoms with van der Waals surface area (Å²) >= 11 is 0. The summed E-state index contributed by atoms with van der Waals surface area (Å²) in [4.78, 5) is 27.6. The van der Waals surface area contributed by atoms with Crippen LogP contribution in [0.5, 0.6) is 5.75 Å². The Morgan fingerprint density at radius 1 is 1.22 bits per heavy atom.